The highest BCUT2D eigenvalue weighted by Crippen LogP contribution is 2.26. The Kier molecular flexibility index (Phi) is 16.3. The van der Waals surface area contributed by atoms with Gasteiger partial charge in [-0.05, 0) is 39.0 Å². The van der Waals surface area contributed by atoms with Crippen LogP contribution in [0.25, 0.3) is 0 Å². The van der Waals surface area contributed by atoms with Gasteiger partial charge in [-0.1, -0.05) is 83.3 Å². The molecule has 0 aromatic carbocycles. The molecule has 1 amide bonds. The summed E-state index contributed by atoms with van der Waals surface area (Å²) in [6, 6.07) is 0. The van der Waals surface area contributed by atoms with E-state index in [0.717, 1.165) is 17.4 Å². The lowest BCUT2D eigenvalue weighted by atomic mass is 10.0. The summed E-state index contributed by atoms with van der Waals surface area (Å²) < 4.78 is 0.813. The lowest BCUT2D eigenvalue weighted by Gasteiger charge is -2.41. The average Bonchev–Trinajstić information content (AvgIpc) is 3.19. The summed E-state index contributed by atoms with van der Waals surface area (Å²) >= 11 is 0. The van der Waals surface area contributed by atoms with E-state index in [1.165, 1.54) is 96.3 Å². The van der Waals surface area contributed by atoms with Crippen molar-refractivity contribution in [1.29, 1.82) is 0 Å². The zero-order chi connectivity index (χ0) is 23.5. The topological polar surface area (TPSA) is 41.1 Å². The van der Waals surface area contributed by atoms with Crippen LogP contribution in [0.1, 0.15) is 130 Å². The Balaban J connectivity index is 1.99. The minimum absolute atomic E-state index is 0.0526. The smallest absolute Gasteiger partial charge is 0.221 e. The van der Waals surface area contributed by atoms with Crippen LogP contribution in [-0.2, 0) is 4.79 Å². The molecule has 0 bridgehead atoms. The lowest BCUT2D eigenvalue weighted by molar-refractivity contribution is -0.923. The van der Waals surface area contributed by atoms with E-state index in [1.54, 1.807) is 6.92 Å². The van der Waals surface area contributed by atoms with E-state index >= 15 is 0 Å². The highest BCUT2D eigenvalue weighted by atomic mass is 16.1. The Bertz CT molecular complexity index is 531. The molecular weight excluding hydrogens is 394 g/mol. The number of amides is 1. The van der Waals surface area contributed by atoms with Gasteiger partial charge in [0.1, 0.15) is 6.20 Å². The van der Waals surface area contributed by atoms with Crippen molar-refractivity contribution in [2.75, 3.05) is 6.54 Å². The number of quaternary nitrogens is 1. The highest BCUT2D eigenvalue weighted by Gasteiger charge is 2.41. The number of nitrogens with one attached hydrogen (secondary N) is 2. The van der Waals surface area contributed by atoms with E-state index in [-0.39, 0.29) is 12.1 Å². The molecule has 4 nitrogen and oxygen atoms in total. The molecule has 186 valence electrons. The average molecular weight is 449 g/mol. The number of carbonyl (C=O) groups excluding carboxylic acids is 1. The van der Waals surface area contributed by atoms with Gasteiger partial charge >= 0.3 is 0 Å². The molecule has 0 aromatic rings. The number of allylic oxidation sites excluding steroid dienone is 2. The normalized spacial score (nSPS) is 21.2. The van der Waals surface area contributed by atoms with Gasteiger partial charge in [0.25, 0.3) is 0 Å². The third-order valence-electron chi connectivity index (χ3n) is 7.14. The Morgan fingerprint density at radius 1 is 0.906 bits per heavy atom. The van der Waals surface area contributed by atoms with Gasteiger partial charge < -0.3 is 10.6 Å². The zero-order valence-electron chi connectivity index (χ0n) is 21.8. The number of hydrogen-bond acceptors (Lipinski definition) is 2. The van der Waals surface area contributed by atoms with Gasteiger partial charge in [0.2, 0.25) is 5.91 Å². The van der Waals surface area contributed by atoms with Crippen molar-refractivity contribution < 1.29 is 9.28 Å². The fourth-order valence-corrected chi connectivity index (χ4v) is 5.03. The van der Waals surface area contributed by atoms with Crippen LogP contribution < -0.4 is 10.6 Å². The lowest BCUT2D eigenvalue weighted by Crippen LogP contribution is -2.62. The fraction of sp³-hybridized carbons (Fsp3) is 0.821. The van der Waals surface area contributed by atoms with Crippen LogP contribution in [-0.4, -0.2) is 29.3 Å². The molecule has 1 rings (SSSR count). The van der Waals surface area contributed by atoms with Crippen molar-refractivity contribution in [2.24, 2.45) is 0 Å². The summed E-state index contributed by atoms with van der Waals surface area (Å²) in [6.07, 6.45) is 31.1. The summed E-state index contributed by atoms with van der Waals surface area (Å²) in [7, 11) is 0. The van der Waals surface area contributed by atoms with Crippen LogP contribution in [0, 0.1) is 0 Å². The van der Waals surface area contributed by atoms with Gasteiger partial charge in [0.05, 0.1) is 12.7 Å². The number of rotatable bonds is 20. The van der Waals surface area contributed by atoms with E-state index in [2.05, 4.69) is 56.0 Å². The van der Waals surface area contributed by atoms with Gasteiger partial charge in [-0.3, -0.25) is 9.28 Å². The predicted octanol–water partition coefficient (Wildman–Crippen LogP) is 7.52. The first kappa shape index (κ1) is 28.7. The van der Waals surface area contributed by atoms with Crippen LogP contribution in [0.15, 0.2) is 24.6 Å². The maximum atomic E-state index is 11.5. The van der Waals surface area contributed by atoms with Gasteiger partial charge in [-0.15, -0.1) is 0 Å². The van der Waals surface area contributed by atoms with Gasteiger partial charge in [-0.2, -0.15) is 0 Å². The molecule has 3 unspecified atom stereocenters. The molecular formula is C28H54N3O+. The predicted molar refractivity (Wildman–Crippen MR) is 139 cm³/mol. The van der Waals surface area contributed by atoms with Crippen molar-refractivity contribution in [3.8, 4) is 0 Å². The summed E-state index contributed by atoms with van der Waals surface area (Å²) in [5.41, 5.74) is 0. The van der Waals surface area contributed by atoms with Crippen molar-refractivity contribution in [2.45, 2.75) is 143 Å². The molecule has 1 heterocycles. The van der Waals surface area contributed by atoms with Gasteiger partial charge in [-0.25, -0.2) is 0 Å². The molecule has 0 saturated carbocycles. The van der Waals surface area contributed by atoms with E-state index in [4.69, 9.17) is 0 Å². The van der Waals surface area contributed by atoms with E-state index in [9.17, 15) is 4.79 Å². The van der Waals surface area contributed by atoms with Crippen LogP contribution in [0.2, 0.25) is 0 Å². The molecule has 4 heteroatoms. The van der Waals surface area contributed by atoms with E-state index in [0.29, 0.717) is 6.17 Å². The van der Waals surface area contributed by atoms with E-state index < -0.39 is 0 Å². The van der Waals surface area contributed by atoms with Crippen molar-refractivity contribution in [1.82, 2.24) is 10.6 Å². The first-order chi connectivity index (χ1) is 15.6. The molecule has 1 aliphatic heterocycles. The maximum Gasteiger partial charge on any atom is 0.221 e. The largest absolute Gasteiger partial charge is 0.338 e. The second kappa shape index (κ2) is 18.2. The maximum absolute atomic E-state index is 11.5. The van der Waals surface area contributed by atoms with Gasteiger partial charge in [0, 0.05) is 20.3 Å². The van der Waals surface area contributed by atoms with Crippen LogP contribution in [0.4, 0.5) is 0 Å². The highest BCUT2D eigenvalue weighted by molar-refractivity contribution is 5.72. The Labute approximate surface area is 199 Å². The summed E-state index contributed by atoms with van der Waals surface area (Å²) in [6.45, 7) is 9.22. The minimum Gasteiger partial charge on any atom is -0.338 e. The molecule has 0 aromatic heterocycles. The summed E-state index contributed by atoms with van der Waals surface area (Å²) in [5, 5.41) is 6.65. The van der Waals surface area contributed by atoms with Crippen LogP contribution in [0.3, 0.4) is 0 Å². The molecule has 2 N–H and O–H groups in total. The molecule has 32 heavy (non-hydrogen) atoms. The molecule has 0 fully saturated rings. The second-order valence-corrected chi connectivity index (χ2v) is 9.77. The van der Waals surface area contributed by atoms with Crippen LogP contribution >= 0.6 is 0 Å². The monoisotopic (exact) mass is 448 g/mol. The molecule has 0 aliphatic carbocycles. The zero-order valence-corrected chi connectivity index (χ0v) is 21.8. The van der Waals surface area contributed by atoms with Crippen molar-refractivity contribution in [3.63, 3.8) is 0 Å². The quantitative estimate of drug-likeness (QED) is 0.115. The molecule has 3 atom stereocenters. The Morgan fingerprint density at radius 3 is 1.97 bits per heavy atom. The SMILES string of the molecule is CCCCCC/C=C/CCCCCCCCCCCC1NC=C[N+]1(CC)C(C)NC(C)=O. The molecule has 0 spiro atoms. The number of hydrogen-bond donors (Lipinski definition) is 2. The minimum atomic E-state index is 0.0526. The molecule has 0 radical (unpaired) electrons. The number of carbonyl (C=O) groups is 1. The number of unbranched alkanes of at least 4 members (excludes halogenated alkanes) is 13. The van der Waals surface area contributed by atoms with Gasteiger partial charge in [0.15, 0.2) is 12.3 Å². The third kappa shape index (κ3) is 11.5. The second-order valence-electron chi connectivity index (χ2n) is 9.77. The summed E-state index contributed by atoms with van der Waals surface area (Å²) in [5.74, 6) is 0.0526. The first-order valence-corrected chi connectivity index (χ1v) is 13.8. The number of nitrogens with zero attached hydrogens (tertiary/aromatic N) is 1. The van der Waals surface area contributed by atoms with E-state index in [1.807, 2.05) is 0 Å². The first-order valence-electron chi connectivity index (χ1n) is 13.8. The Morgan fingerprint density at radius 2 is 1.44 bits per heavy atom. The molecule has 0 saturated heterocycles. The van der Waals surface area contributed by atoms with Crippen molar-refractivity contribution >= 4 is 5.91 Å². The molecule has 1 aliphatic rings. The fourth-order valence-electron chi connectivity index (χ4n) is 5.03. The summed E-state index contributed by atoms with van der Waals surface area (Å²) in [4.78, 5) is 11.5. The standard InChI is InChI=1S/C28H53N3O/c1-5-7-8-9-10-11-12-13-14-15-16-17-18-19-20-21-22-23-28-29-24-25-31(28,6-2)26(3)30-27(4)32/h11-12,24-26,28-29H,5-10,13-23H2,1-4H3/p+1/b12-11+. The Hall–Kier alpha value is -1.29. The third-order valence-corrected chi connectivity index (χ3v) is 7.14. The van der Waals surface area contributed by atoms with Crippen molar-refractivity contribution in [3.05, 3.63) is 24.6 Å². The van der Waals surface area contributed by atoms with Crippen LogP contribution in [0.5, 0.6) is 0 Å².